The average molecular weight is 582 g/mol. The van der Waals surface area contributed by atoms with Crippen molar-refractivity contribution in [1.82, 2.24) is 19.8 Å². The third kappa shape index (κ3) is 9.47. The van der Waals surface area contributed by atoms with E-state index in [-0.39, 0.29) is 18.0 Å². The van der Waals surface area contributed by atoms with Crippen molar-refractivity contribution in [3.05, 3.63) is 53.3 Å². The largest absolute Gasteiger partial charge is 0.469 e. The number of carbonyl (C=O) groups excluding carboxylic acids is 2. The fraction of sp³-hybridized carbons (Fsp3) is 0.625. The highest BCUT2D eigenvalue weighted by Crippen LogP contribution is 2.31. The van der Waals surface area contributed by atoms with Gasteiger partial charge in [0.1, 0.15) is 0 Å². The zero-order chi connectivity index (χ0) is 29.7. The van der Waals surface area contributed by atoms with E-state index in [1.54, 1.807) is 0 Å². The number of anilines is 1. The lowest BCUT2D eigenvalue weighted by molar-refractivity contribution is -0.146. The van der Waals surface area contributed by atoms with E-state index in [1.165, 1.54) is 12.7 Å². The van der Waals surface area contributed by atoms with Crippen molar-refractivity contribution in [2.24, 2.45) is 5.92 Å². The molecule has 1 N–H and O–H groups in total. The molecular weight excluding hydrogens is 534 g/mol. The van der Waals surface area contributed by atoms with Crippen LogP contribution in [0.5, 0.6) is 0 Å². The molecule has 1 saturated carbocycles. The lowest BCUT2D eigenvalue weighted by atomic mass is 9.83. The molecule has 2 heterocycles. The normalized spacial score (nSPS) is 19.1. The highest BCUT2D eigenvalue weighted by atomic mass is 16.7. The van der Waals surface area contributed by atoms with Gasteiger partial charge in [-0.1, -0.05) is 30.3 Å². The maximum atomic E-state index is 13.7. The molecule has 10 heteroatoms. The molecule has 42 heavy (non-hydrogen) atoms. The highest BCUT2D eigenvalue weighted by Gasteiger charge is 2.32. The number of methoxy groups -OCH3 is 1. The summed E-state index contributed by atoms with van der Waals surface area (Å²) in [5, 5.41) is 2.99. The molecule has 0 radical (unpaired) electrons. The van der Waals surface area contributed by atoms with E-state index in [0.29, 0.717) is 38.0 Å². The zero-order valence-electron chi connectivity index (χ0n) is 25.4. The maximum absolute atomic E-state index is 13.7. The van der Waals surface area contributed by atoms with Gasteiger partial charge in [0.2, 0.25) is 5.95 Å². The number of hydrogen-bond acceptors (Lipinski definition) is 8. The van der Waals surface area contributed by atoms with Gasteiger partial charge in [-0.15, -0.1) is 0 Å². The first-order valence-electron chi connectivity index (χ1n) is 15.5. The smallest absolute Gasteiger partial charge is 0.324 e. The first-order chi connectivity index (χ1) is 20.5. The Balaban J connectivity index is 1.40. The Bertz CT molecular complexity index is 1120. The standard InChI is InChI=1S/C32H47N5O5/c1-4-41-30(42-5-2)23-37(27-14-11-24(12-15-27)13-16-29(38)40-3)32(39)35-31-33-21-26-17-19-36(20-18-28(26)34-31)22-25-9-7-6-8-10-25/h6-10,21,24,27,30H,4-5,11-20,22-23H2,1-3H3,(H,33,34,35,39)/t24-,27-. The second-order valence-corrected chi connectivity index (χ2v) is 11.1. The van der Waals surface area contributed by atoms with Crippen LogP contribution in [-0.4, -0.2) is 84.1 Å². The summed E-state index contributed by atoms with van der Waals surface area (Å²) >= 11 is 0. The molecule has 230 valence electrons. The zero-order valence-corrected chi connectivity index (χ0v) is 25.4. The van der Waals surface area contributed by atoms with Gasteiger partial charge in [-0.2, -0.15) is 0 Å². The van der Waals surface area contributed by atoms with Crippen molar-refractivity contribution < 1.29 is 23.8 Å². The molecule has 10 nitrogen and oxygen atoms in total. The van der Waals surface area contributed by atoms with Crippen molar-refractivity contribution in [3.63, 3.8) is 0 Å². The fourth-order valence-electron chi connectivity index (χ4n) is 6.00. The minimum Gasteiger partial charge on any atom is -0.469 e. The van der Waals surface area contributed by atoms with Crippen LogP contribution in [0.15, 0.2) is 36.5 Å². The molecule has 1 aromatic carbocycles. The first-order valence-corrected chi connectivity index (χ1v) is 15.5. The molecule has 1 aliphatic heterocycles. The number of fused-ring (bicyclic) bond motifs is 1. The van der Waals surface area contributed by atoms with Crippen molar-refractivity contribution >= 4 is 17.9 Å². The van der Waals surface area contributed by atoms with Crippen molar-refractivity contribution in [1.29, 1.82) is 0 Å². The van der Waals surface area contributed by atoms with E-state index in [9.17, 15) is 9.59 Å². The SMILES string of the molecule is CCOC(CN(C(=O)Nc1ncc2c(n1)CCN(Cc1ccccc1)CC2)[C@H]1CC[C@H](CCC(=O)OC)CC1)OCC. The number of hydrogen-bond donors (Lipinski definition) is 1. The molecule has 2 aliphatic rings. The highest BCUT2D eigenvalue weighted by molar-refractivity contribution is 5.87. The molecule has 1 aliphatic carbocycles. The number of rotatable bonds is 13. The molecular formula is C32H47N5O5. The predicted molar refractivity (Wildman–Crippen MR) is 161 cm³/mol. The van der Waals surface area contributed by atoms with Crippen molar-refractivity contribution in [2.45, 2.75) is 84.1 Å². The van der Waals surface area contributed by atoms with Gasteiger partial charge in [0, 0.05) is 57.9 Å². The van der Waals surface area contributed by atoms with Crippen LogP contribution in [0.25, 0.3) is 0 Å². The van der Waals surface area contributed by atoms with Gasteiger partial charge in [0.15, 0.2) is 6.29 Å². The summed E-state index contributed by atoms with van der Waals surface area (Å²) in [7, 11) is 1.43. The number of amides is 2. The van der Waals surface area contributed by atoms with Crippen LogP contribution in [0.4, 0.5) is 10.7 Å². The topological polar surface area (TPSA) is 106 Å². The fourth-order valence-corrected chi connectivity index (χ4v) is 6.00. The van der Waals surface area contributed by atoms with E-state index in [1.807, 2.05) is 31.0 Å². The number of nitrogens with zero attached hydrogens (tertiary/aromatic N) is 4. The molecule has 0 unspecified atom stereocenters. The number of benzene rings is 1. The molecule has 2 aromatic rings. The molecule has 0 spiro atoms. The third-order valence-electron chi connectivity index (χ3n) is 8.34. The van der Waals surface area contributed by atoms with E-state index in [4.69, 9.17) is 19.2 Å². The summed E-state index contributed by atoms with van der Waals surface area (Å²) in [4.78, 5) is 38.9. The number of nitrogens with one attached hydrogen (secondary N) is 1. The van der Waals surface area contributed by atoms with Crippen LogP contribution in [-0.2, 0) is 38.4 Å². The van der Waals surface area contributed by atoms with Crippen LogP contribution in [0.2, 0.25) is 0 Å². The Morgan fingerprint density at radius 1 is 1.05 bits per heavy atom. The summed E-state index contributed by atoms with van der Waals surface area (Å²) in [6.45, 7) is 7.93. The van der Waals surface area contributed by atoms with Gasteiger partial charge in [0.25, 0.3) is 0 Å². The summed E-state index contributed by atoms with van der Waals surface area (Å²) in [6, 6.07) is 10.3. The summed E-state index contributed by atoms with van der Waals surface area (Å²) in [5.74, 6) is 0.615. The second-order valence-electron chi connectivity index (χ2n) is 11.1. The third-order valence-corrected chi connectivity index (χ3v) is 8.34. The quantitative estimate of drug-likeness (QED) is 0.265. The van der Waals surface area contributed by atoms with E-state index in [2.05, 4.69) is 39.5 Å². The molecule has 1 fully saturated rings. The molecule has 0 atom stereocenters. The predicted octanol–water partition coefficient (Wildman–Crippen LogP) is 4.82. The molecule has 1 aromatic heterocycles. The van der Waals surface area contributed by atoms with Gasteiger partial charge >= 0.3 is 12.0 Å². The van der Waals surface area contributed by atoms with Crippen LogP contribution < -0.4 is 5.32 Å². The summed E-state index contributed by atoms with van der Waals surface area (Å²) in [6.07, 6.45) is 7.91. The van der Waals surface area contributed by atoms with Gasteiger partial charge in [-0.3, -0.25) is 15.0 Å². The van der Waals surface area contributed by atoms with E-state index in [0.717, 1.165) is 75.8 Å². The molecule has 0 saturated heterocycles. The molecule has 2 amide bonds. The monoisotopic (exact) mass is 581 g/mol. The molecule has 0 bridgehead atoms. The lowest BCUT2D eigenvalue weighted by Gasteiger charge is -2.38. The number of aromatic nitrogens is 2. The number of urea groups is 1. The summed E-state index contributed by atoms with van der Waals surface area (Å²) in [5.41, 5.74) is 3.44. The van der Waals surface area contributed by atoms with Gasteiger partial charge < -0.3 is 19.1 Å². The van der Waals surface area contributed by atoms with Crippen LogP contribution >= 0.6 is 0 Å². The Labute approximate surface area is 250 Å². The van der Waals surface area contributed by atoms with Crippen LogP contribution in [0.1, 0.15) is 69.2 Å². The van der Waals surface area contributed by atoms with Crippen LogP contribution in [0, 0.1) is 5.92 Å². The van der Waals surface area contributed by atoms with Crippen molar-refractivity contribution in [3.8, 4) is 0 Å². The van der Waals surface area contributed by atoms with E-state index >= 15 is 0 Å². The number of ether oxygens (including phenoxy) is 3. The van der Waals surface area contributed by atoms with Gasteiger partial charge in [0.05, 0.1) is 19.3 Å². The Morgan fingerprint density at radius 2 is 1.76 bits per heavy atom. The molecule has 4 rings (SSSR count). The number of carbonyl (C=O) groups is 2. The summed E-state index contributed by atoms with van der Waals surface area (Å²) < 4.78 is 16.4. The number of esters is 1. The minimum absolute atomic E-state index is 0.0372. The first kappa shape index (κ1) is 31.8. The second kappa shape index (κ2) is 16.5. The van der Waals surface area contributed by atoms with E-state index < -0.39 is 6.29 Å². The van der Waals surface area contributed by atoms with Crippen LogP contribution in [0.3, 0.4) is 0 Å². The Kier molecular flexibility index (Phi) is 12.5. The van der Waals surface area contributed by atoms with Gasteiger partial charge in [-0.05, 0) is 69.4 Å². The Hall–Kier alpha value is -3.08. The Morgan fingerprint density at radius 3 is 2.45 bits per heavy atom. The minimum atomic E-state index is -0.508. The van der Waals surface area contributed by atoms with Gasteiger partial charge in [-0.25, -0.2) is 14.8 Å². The lowest BCUT2D eigenvalue weighted by Crippen LogP contribution is -2.49. The maximum Gasteiger partial charge on any atom is 0.324 e. The van der Waals surface area contributed by atoms with Crippen molar-refractivity contribution in [2.75, 3.05) is 45.3 Å². The average Bonchev–Trinajstić information content (AvgIpc) is 3.21.